The fourth-order valence-corrected chi connectivity index (χ4v) is 3.25. The first-order valence-corrected chi connectivity index (χ1v) is 7.86. The highest BCUT2D eigenvalue weighted by molar-refractivity contribution is 5.62. The van der Waals surface area contributed by atoms with E-state index in [1.807, 2.05) is 0 Å². The maximum Gasteiger partial charge on any atom is 0.292 e. The molecule has 0 fully saturated rings. The maximum absolute atomic E-state index is 11.1. The predicted octanol–water partition coefficient (Wildman–Crippen LogP) is 3.30. The van der Waals surface area contributed by atoms with Crippen molar-refractivity contribution in [2.24, 2.45) is 5.92 Å². The van der Waals surface area contributed by atoms with E-state index < -0.39 is 4.92 Å². The molecule has 0 atom stereocenters. The van der Waals surface area contributed by atoms with Crippen molar-refractivity contribution in [1.82, 2.24) is 0 Å². The molecule has 0 amide bonds. The summed E-state index contributed by atoms with van der Waals surface area (Å²) in [5, 5.41) is 23.5. The molecular weight excluding hydrogens is 292 g/mol. The molecule has 2 aromatic carbocycles. The van der Waals surface area contributed by atoms with Crippen molar-refractivity contribution in [1.29, 1.82) is 0 Å². The Labute approximate surface area is 135 Å². The highest BCUT2D eigenvalue weighted by atomic mass is 16.6. The van der Waals surface area contributed by atoms with Gasteiger partial charge in [-0.25, -0.2) is 0 Å². The maximum atomic E-state index is 11.1. The number of nitrogens with zero attached hydrogens (tertiary/aromatic N) is 1. The van der Waals surface area contributed by atoms with E-state index in [0.717, 1.165) is 19.3 Å². The number of aliphatic hydroxyl groups is 1. The minimum Gasteiger partial charge on any atom is -0.392 e. The Kier molecular flexibility index (Phi) is 4.57. The lowest BCUT2D eigenvalue weighted by Gasteiger charge is -2.12. The van der Waals surface area contributed by atoms with Gasteiger partial charge in [0, 0.05) is 12.6 Å². The van der Waals surface area contributed by atoms with Crippen LogP contribution in [0.3, 0.4) is 0 Å². The van der Waals surface area contributed by atoms with Gasteiger partial charge < -0.3 is 10.4 Å². The van der Waals surface area contributed by atoms with Crippen LogP contribution in [-0.2, 0) is 19.4 Å². The summed E-state index contributed by atoms with van der Waals surface area (Å²) in [5.74, 6) is 0.583. The number of aliphatic hydroxyl groups excluding tert-OH is 1. The van der Waals surface area contributed by atoms with Crippen LogP contribution in [0.1, 0.15) is 23.1 Å². The van der Waals surface area contributed by atoms with Gasteiger partial charge >= 0.3 is 0 Å². The first kappa shape index (κ1) is 15.5. The summed E-state index contributed by atoms with van der Waals surface area (Å²) in [4.78, 5) is 10.7. The summed E-state index contributed by atoms with van der Waals surface area (Å²) in [7, 11) is 0. The summed E-state index contributed by atoms with van der Waals surface area (Å²) in [6.07, 6.45) is 3.13. The van der Waals surface area contributed by atoms with Gasteiger partial charge in [0.1, 0.15) is 5.69 Å². The standard InChI is InChI=1S/C18H20N2O3/c21-12-14-5-6-18(20(22)23)17(11-14)19-8-7-13-9-15-3-1-2-4-16(15)10-13/h1-6,11,13,19,21H,7-10,12H2. The quantitative estimate of drug-likeness (QED) is 0.634. The molecule has 0 unspecified atom stereocenters. The molecule has 0 aromatic heterocycles. The molecule has 5 heteroatoms. The molecule has 0 aliphatic heterocycles. The SMILES string of the molecule is O=[N+]([O-])c1ccc(CO)cc1NCCC1Cc2ccccc2C1. The zero-order chi connectivity index (χ0) is 16.2. The van der Waals surface area contributed by atoms with E-state index >= 15 is 0 Å². The van der Waals surface area contributed by atoms with Gasteiger partial charge in [0.25, 0.3) is 5.69 Å². The Bertz CT molecular complexity index is 690. The number of nitrogens with one attached hydrogen (secondary N) is 1. The van der Waals surface area contributed by atoms with Crippen LogP contribution in [0, 0.1) is 16.0 Å². The third-order valence-electron chi connectivity index (χ3n) is 4.44. The topological polar surface area (TPSA) is 75.4 Å². The van der Waals surface area contributed by atoms with E-state index in [-0.39, 0.29) is 12.3 Å². The molecule has 0 saturated carbocycles. The van der Waals surface area contributed by atoms with Crippen LogP contribution in [0.15, 0.2) is 42.5 Å². The van der Waals surface area contributed by atoms with Gasteiger partial charge in [-0.05, 0) is 54.0 Å². The van der Waals surface area contributed by atoms with Crippen molar-refractivity contribution in [3.63, 3.8) is 0 Å². The Morgan fingerprint density at radius 1 is 1.17 bits per heavy atom. The summed E-state index contributed by atoms with van der Waals surface area (Å²) in [5.41, 5.74) is 4.05. The molecular formula is C18H20N2O3. The van der Waals surface area contributed by atoms with Crippen molar-refractivity contribution >= 4 is 11.4 Å². The number of nitro groups is 1. The Morgan fingerprint density at radius 2 is 1.87 bits per heavy atom. The van der Waals surface area contributed by atoms with Crippen LogP contribution >= 0.6 is 0 Å². The van der Waals surface area contributed by atoms with E-state index in [0.29, 0.717) is 23.7 Å². The van der Waals surface area contributed by atoms with Crippen molar-refractivity contribution < 1.29 is 10.0 Å². The molecule has 5 nitrogen and oxygen atoms in total. The second-order valence-corrected chi connectivity index (χ2v) is 6.03. The van der Waals surface area contributed by atoms with E-state index in [1.54, 1.807) is 12.1 Å². The summed E-state index contributed by atoms with van der Waals surface area (Å²) >= 11 is 0. The lowest BCUT2D eigenvalue weighted by molar-refractivity contribution is -0.384. The second-order valence-electron chi connectivity index (χ2n) is 6.03. The van der Waals surface area contributed by atoms with Gasteiger partial charge in [-0.1, -0.05) is 24.3 Å². The second kappa shape index (κ2) is 6.79. The van der Waals surface area contributed by atoms with Gasteiger partial charge in [0.05, 0.1) is 11.5 Å². The van der Waals surface area contributed by atoms with Crippen LogP contribution < -0.4 is 5.32 Å². The van der Waals surface area contributed by atoms with Crippen LogP contribution in [0.25, 0.3) is 0 Å². The fourth-order valence-electron chi connectivity index (χ4n) is 3.25. The van der Waals surface area contributed by atoms with Crippen molar-refractivity contribution in [3.8, 4) is 0 Å². The molecule has 0 spiro atoms. The van der Waals surface area contributed by atoms with E-state index in [2.05, 4.69) is 29.6 Å². The first-order chi connectivity index (χ1) is 11.2. The van der Waals surface area contributed by atoms with Crippen LogP contribution in [0.2, 0.25) is 0 Å². The molecule has 23 heavy (non-hydrogen) atoms. The predicted molar refractivity (Wildman–Crippen MR) is 89.5 cm³/mol. The number of hydrogen-bond acceptors (Lipinski definition) is 4. The first-order valence-electron chi connectivity index (χ1n) is 7.86. The van der Waals surface area contributed by atoms with Gasteiger partial charge in [0.15, 0.2) is 0 Å². The lowest BCUT2D eigenvalue weighted by Crippen LogP contribution is -2.10. The van der Waals surface area contributed by atoms with E-state index in [1.165, 1.54) is 17.2 Å². The Hall–Kier alpha value is -2.40. The third kappa shape index (κ3) is 3.51. The van der Waals surface area contributed by atoms with Gasteiger partial charge in [0.2, 0.25) is 0 Å². The minimum atomic E-state index is -0.394. The van der Waals surface area contributed by atoms with E-state index in [4.69, 9.17) is 0 Å². The van der Waals surface area contributed by atoms with Gasteiger partial charge in [-0.3, -0.25) is 10.1 Å². The van der Waals surface area contributed by atoms with Crippen molar-refractivity contribution in [3.05, 3.63) is 69.3 Å². The molecule has 0 radical (unpaired) electrons. The number of fused-ring (bicyclic) bond motifs is 1. The average molecular weight is 312 g/mol. The number of anilines is 1. The Balaban J connectivity index is 1.60. The summed E-state index contributed by atoms with van der Waals surface area (Å²) in [6.45, 7) is 0.568. The lowest BCUT2D eigenvalue weighted by atomic mass is 10.0. The largest absolute Gasteiger partial charge is 0.392 e. The normalized spacial score (nSPS) is 13.8. The highest BCUT2D eigenvalue weighted by Crippen LogP contribution is 2.29. The molecule has 0 bridgehead atoms. The molecule has 1 aliphatic carbocycles. The summed E-state index contributed by atoms with van der Waals surface area (Å²) in [6, 6.07) is 13.2. The van der Waals surface area contributed by atoms with Crippen LogP contribution in [-0.4, -0.2) is 16.6 Å². The zero-order valence-corrected chi connectivity index (χ0v) is 12.9. The van der Waals surface area contributed by atoms with Gasteiger partial charge in [-0.2, -0.15) is 0 Å². The monoisotopic (exact) mass is 312 g/mol. The number of nitro benzene ring substituents is 1. The molecule has 120 valence electrons. The van der Waals surface area contributed by atoms with Gasteiger partial charge in [-0.15, -0.1) is 0 Å². The molecule has 0 saturated heterocycles. The molecule has 2 aromatic rings. The smallest absolute Gasteiger partial charge is 0.292 e. The van der Waals surface area contributed by atoms with Crippen molar-refractivity contribution in [2.45, 2.75) is 25.9 Å². The highest BCUT2D eigenvalue weighted by Gasteiger charge is 2.21. The Morgan fingerprint density at radius 3 is 2.48 bits per heavy atom. The third-order valence-corrected chi connectivity index (χ3v) is 4.44. The van der Waals surface area contributed by atoms with Crippen molar-refractivity contribution in [2.75, 3.05) is 11.9 Å². The molecule has 0 heterocycles. The molecule has 1 aliphatic rings. The number of hydrogen-bond donors (Lipinski definition) is 2. The average Bonchev–Trinajstić information content (AvgIpc) is 2.97. The van der Waals surface area contributed by atoms with Crippen LogP contribution in [0.4, 0.5) is 11.4 Å². The minimum absolute atomic E-state index is 0.0527. The molecule has 2 N–H and O–H groups in total. The fraction of sp³-hybridized carbons (Fsp3) is 0.333. The number of rotatable bonds is 6. The summed E-state index contributed by atoms with van der Waals surface area (Å²) < 4.78 is 0. The number of benzene rings is 2. The van der Waals surface area contributed by atoms with E-state index in [9.17, 15) is 15.2 Å². The van der Waals surface area contributed by atoms with Crippen LogP contribution in [0.5, 0.6) is 0 Å². The molecule has 3 rings (SSSR count). The zero-order valence-electron chi connectivity index (χ0n) is 12.9.